The predicted octanol–water partition coefficient (Wildman–Crippen LogP) is 12.4. The van der Waals surface area contributed by atoms with Gasteiger partial charge in [0.1, 0.15) is 0 Å². The molecule has 11 atom stereocenters. The molecule has 0 heteroatoms. The Balaban J connectivity index is 0.000000153. The fourth-order valence-corrected chi connectivity index (χ4v) is 8.73. The highest BCUT2D eigenvalue weighted by Crippen LogP contribution is 2.58. The van der Waals surface area contributed by atoms with Gasteiger partial charge in [-0.1, -0.05) is 130 Å². The molecule has 0 amide bonds. The van der Waals surface area contributed by atoms with Gasteiger partial charge < -0.3 is 0 Å². The molecular formula is C44H60. The lowest BCUT2D eigenvalue weighted by Gasteiger charge is -2.35. The monoisotopic (exact) mass is 588 g/mol. The molecule has 0 heterocycles. The van der Waals surface area contributed by atoms with Gasteiger partial charge in [0.05, 0.1) is 0 Å². The summed E-state index contributed by atoms with van der Waals surface area (Å²) < 4.78 is 0. The zero-order valence-electron chi connectivity index (χ0n) is 27.5. The Kier molecular flexibility index (Phi) is 15.5. The molecule has 8 aliphatic rings. The van der Waals surface area contributed by atoms with Gasteiger partial charge in [-0.3, -0.25) is 0 Å². The maximum absolute atomic E-state index is 3.98. The standard InChI is InChI=1S/C13H18.2C9H12.C5H6.2C4H6/c1-2-9-7-10-8-13(9)12-6-4-3-5-11(10)12;2*1-2-8-5-7-3-4-9(8)6-7;1-2-4-5-3-1;2*1-3-4-2/h2-4,9-13H,1,5-8H2;2*2-4,7-9H,1,5-6H2;1-4H,5H2;2*3-4H,1-2H2. The molecule has 0 nitrogen and oxygen atoms in total. The largest absolute Gasteiger partial charge is 0.103 e. The molecule has 4 fully saturated rings. The minimum absolute atomic E-state index is 0.806. The Morgan fingerprint density at radius 1 is 0.432 bits per heavy atom. The molecule has 0 radical (unpaired) electrons. The first kappa shape index (κ1) is 35.4. The topological polar surface area (TPSA) is 0 Å². The lowest BCUT2D eigenvalue weighted by Crippen LogP contribution is -2.28. The summed E-state index contributed by atoms with van der Waals surface area (Å²) in [6, 6.07) is 0. The smallest absolute Gasteiger partial charge is 0.0163 e. The summed E-state index contributed by atoms with van der Waals surface area (Å²) in [5, 5.41) is 0. The summed E-state index contributed by atoms with van der Waals surface area (Å²) in [5.41, 5.74) is 0. The average molecular weight is 589 g/mol. The molecule has 0 aromatic rings. The van der Waals surface area contributed by atoms with Crippen LogP contribution in [-0.2, 0) is 0 Å². The summed E-state index contributed by atoms with van der Waals surface area (Å²) in [4.78, 5) is 0. The van der Waals surface area contributed by atoms with Crippen molar-refractivity contribution < 1.29 is 0 Å². The maximum atomic E-state index is 3.98. The van der Waals surface area contributed by atoms with E-state index in [1.807, 2.05) is 0 Å². The van der Waals surface area contributed by atoms with Crippen LogP contribution in [0, 0.1) is 65.1 Å². The molecule has 4 saturated carbocycles. The summed E-state index contributed by atoms with van der Waals surface area (Å²) in [7, 11) is 0. The third kappa shape index (κ3) is 9.95. The van der Waals surface area contributed by atoms with Crippen molar-refractivity contribution in [2.24, 2.45) is 65.1 Å². The van der Waals surface area contributed by atoms with Crippen LogP contribution < -0.4 is 0 Å². The average Bonchev–Trinajstić information content (AvgIpc) is 3.94. The van der Waals surface area contributed by atoms with Gasteiger partial charge in [0.25, 0.3) is 0 Å². The van der Waals surface area contributed by atoms with Crippen molar-refractivity contribution in [2.75, 3.05) is 0 Å². The van der Waals surface area contributed by atoms with E-state index in [1.54, 1.807) is 24.3 Å². The van der Waals surface area contributed by atoms with E-state index < -0.39 is 0 Å². The van der Waals surface area contributed by atoms with Crippen LogP contribution in [0.5, 0.6) is 0 Å². The van der Waals surface area contributed by atoms with Crippen LogP contribution in [0.15, 0.2) is 149 Å². The summed E-state index contributed by atoms with van der Waals surface area (Å²) in [5.74, 6) is 10.1. The third-order valence-electron chi connectivity index (χ3n) is 10.9. The van der Waals surface area contributed by atoms with Gasteiger partial charge in [0.2, 0.25) is 0 Å². The Labute approximate surface area is 271 Å². The SMILES string of the molecule is C1=CCC=C1.C=CC1CC2C=CC1C2.C=CC1CC2C=CC1C2.C=CC1CC2CC1C1CC=CCC21.C=CC=C.C=CC=C. The predicted molar refractivity (Wildman–Crippen MR) is 197 cm³/mol. The van der Waals surface area contributed by atoms with Gasteiger partial charge in [-0.15, -0.1) is 19.7 Å². The van der Waals surface area contributed by atoms with Crippen LogP contribution in [0.2, 0.25) is 0 Å². The molecule has 236 valence electrons. The molecule has 0 aromatic carbocycles. The van der Waals surface area contributed by atoms with E-state index in [1.165, 1.54) is 51.4 Å². The highest BCUT2D eigenvalue weighted by atomic mass is 14.6. The summed E-state index contributed by atoms with van der Waals surface area (Å²) in [6.07, 6.45) is 48.0. The van der Waals surface area contributed by atoms with E-state index in [4.69, 9.17) is 0 Å². The quantitative estimate of drug-likeness (QED) is 0.221. The Morgan fingerprint density at radius 2 is 0.909 bits per heavy atom. The Hall–Kier alpha value is -3.12. The second kappa shape index (κ2) is 19.3. The van der Waals surface area contributed by atoms with Crippen molar-refractivity contribution in [2.45, 2.75) is 57.8 Å². The summed E-state index contributed by atoms with van der Waals surface area (Å²) in [6.45, 7) is 25.1. The number of fused-ring (bicyclic) bond motifs is 9. The lowest BCUT2D eigenvalue weighted by atomic mass is 9.69. The number of allylic oxidation sites excluding steroid dienone is 17. The van der Waals surface area contributed by atoms with Crippen molar-refractivity contribution in [3.05, 3.63) is 149 Å². The molecule has 11 unspecified atom stereocenters. The molecule has 0 spiro atoms. The minimum Gasteiger partial charge on any atom is -0.103 e. The molecule has 0 saturated heterocycles. The van der Waals surface area contributed by atoms with Gasteiger partial charge in [0.15, 0.2) is 0 Å². The molecule has 44 heavy (non-hydrogen) atoms. The molecule has 0 aliphatic heterocycles. The van der Waals surface area contributed by atoms with Crippen LogP contribution in [0.25, 0.3) is 0 Å². The van der Waals surface area contributed by atoms with Crippen molar-refractivity contribution in [3.63, 3.8) is 0 Å². The molecule has 8 aliphatic carbocycles. The van der Waals surface area contributed by atoms with Gasteiger partial charge in [-0.25, -0.2) is 0 Å². The second-order valence-corrected chi connectivity index (χ2v) is 13.5. The van der Waals surface area contributed by atoms with Crippen LogP contribution >= 0.6 is 0 Å². The minimum atomic E-state index is 0.806. The van der Waals surface area contributed by atoms with E-state index in [0.29, 0.717) is 0 Å². The maximum Gasteiger partial charge on any atom is -0.0163 e. The number of rotatable bonds is 5. The van der Waals surface area contributed by atoms with Crippen LogP contribution in [0.3, 0.4) is 0 Å². The first-order valence-corrected chi connectivity index (χ1v) is 17.2. The normalized spacial score (nSPS) is 37.1. The highest BCUT2D eigenvalue weighted by molar-refractivity contribution is 5.15. The van der Waals surface area contributed by atoms with Gasteiger partial charge >= 0.3 is 0 Å². The van der Waals surface area contributed by atoms with Crippen LogP contribution in [0.1, 0.15) is 57.8 Å². The second-order valence-electron chi connectivity index (χ2n) is 13.5. The molecule has 6 bridgehead atoms. The zero-order valence-corrected chi connectivity index (χ0v) is 27.5. The van der Waals surface area contributed by atoms with E-state index >= 15 is 0 Å². The Bertz CT molecular complexity index is 1030. The number of hydrogen-bond acceptors (Lipinski definition) is 0. The molecular weight excluding hydrogens is 528 g/mol. The van der Waals surface area contributed by atoms with Crippen molar-refractivity contribution in [3.8, 4) is 0 Å². The van der Waals surface area contributed by atoms with E-state index in [0.717, 1.165) is 71.5 Å². The highest BCUT2D eigenvalue weighted by Gasteiger charge is 2.50. The first-order chi connectivity index (χ1) is 21.5. The van der Waals surface area contributed by atoms with E-state index in [-0.39, 0.29) is 0 Å². The van der Waals surface area contributed by atoms with Crippen molar-refractivity contribution >= 4 is 0 Å². The van der Waals surface area contributed by atoms with Crippen molar-refractivity contribution in [1.82, 2.24) is 0 Å². The van der Waals surface area contributed by atoms with E-state index in [9.17, 15) is 0 Å². The van der Waals surface area contributed by atoms with Crippen molar-refractivity contribution in [1.29, 1.82) is 0 Å². The molecule has 0 aromatic heterocycles. The van der Waals surface area contributed by atoms with E-state index in [2.05, 4.69) is 125 Å². The third-order valence-corrected chi connectivity index (χ3v) is 10.9. The first-order valence-electron chi connectivity index (χ1n) is 17.2. The zero-order chi connectivity index (χ0) is 31.7. The lowest BCUT2D eigenvalue weighted by molar-refractivity contribution is 0.181. The van der Waals surface area contributed by atoms with Gasteiger partial charge in [-0.05, 0) is 123 Å². The van der Waals surface area contributed by atoms with Crippen LogP contribution in [0.4, 0.5) is 0 Å². The fourth-order valence-electron chi connectivity index (χ4n) is 8.73. The fraction of sp³-hybridized carbons (Fsp3) is 0.455. The van der Waals surface area contributed by atoms with Gasteiger partial charge in [0, 0.05) is 0 Å². The Morgan fingerprint density at radius 3 is 1.23 bits per heavy atom. The van der Waals surface area contributed by atoms with Gasteiger partial charge in [-0.2, -0.15) is 0 Å². The number of hydrogen-bond donors (Lipinski definition) is 0. The molecule has 8 rings (SSSR count). The van der Waals surface area contributed by atoms with Crippen LogP contribution in [-0.4, -0.2) is 0 Å². The summed E-state index contributed by atoms with van der Waals surface area (Å²) >= 11 is 0. The molecule has 0 N–H and O–H groups in total.